The molecule has 0 aliphatic carbocycles. The van der Waals surface area contributed by atoms with Gasteiger partial charge < -0.3 is 14.8 Å². The fraction of sp³-hybridized carbons (Fsp3) is 0.538. The van der Waals surface area contributed by atoms with Gasteiger partial charge in [-0.05, 0) is 41.0 Å². The maximum Gasteiger partial charge on any atom is 0.159 e. The molecule has 1 aromatic carbocycles. The minimum Gasteiger partial charge on any atom is -0.350 e. The van der Waals surface area contributed by atoms with Gasteiger partial charge in [0.2, 0.25) is 0 Å². The van der Waals surface area contributed by atoms with Crippen molar-refractivity contribution in [3.05, 3.63) is 34.1 Å². The van der Waals surface area contributed by atoms with Crippen LogP contribution in [0.25, 0.3) is 0 Å². The number of ether oxygens (including phenoxy) is 2. The number of hydrogen-bond donors (Lipinski definition) is 1. The van der Waals surface area contributed by atoms with Crippen molar-refractivity contribution in [2.24, 2.45) is 0 Å². The molecule has 1 aliphatic heterocycles. The van der Waals surface area contributed by atoms with Crippen LogP contribution in [0, 0.1) is 5.82 Å². The van der Waals surface area contributed by atoms with Crippen LogP contribution in [0.15, 0.2) is 22.7 Å². The Morgan fingerprint density at radius 1 is 1.44 bits per heavy atom. The molecule has 1 N–H and O–H groups in total. The first-order chi connectivity index (χ1) is 8.70. The molecule has 3 nitrogen and oxygen atoms in total. The fourth-order valence-corrected chi connectivity index (χ4v) is 2.48. The Morgan fingerprint density at radius 2 is 2.17 bits per heavy atom. The summed E-state index contributed by atoms with van der Waals surface area (Å²) in [6.45, 7) is 1.32. The van der Waals surface area contributed by atoms with Crippen LogP contribution < -0.4 is 5.32 Å². The molecule has 0 aromatic heterocycles. The number of hydrogen-bond acceptors (Lipinski definition) is 3. The van der Waals surface area contributed by atoms with Crippen molar-refractivity contribution in [3.63, 3.8) is 0 Å². The molecule has 100 valence electrons. The number of likely N-dealkylation sites (N-methyl/N-ethyl adjacent to an activating group) is 1. The molecule has 1 atom stereocenters. The summed E-state index contributed by atoms with van der Waals surface area (Å²) in [5.74, 6) is -0.226. The lowest BCUT2D eigenvalue weighted by Gasteiger charge is -2.20. The van der Waals surface area contributed by atoms with Crippen molar-refractivity contribution < 1.29 is 13.9 Å². The zero-order valence-corrected chi connectivity index (χ0v) is 11.9. The van der Waals surface area contributed by atoms with Gasteiger partial charge in [0.25, 0.3) is 0 Å². The standard InChI is InChI=1S/C13H17BrFNO2/c1-16-10(8-12-17-5-6-18-12)7-9-3-2-4-11(15)13(9)14/h2-4,10,12,16H,5-8H2,1H3. The van der Waals surface area contributed by atoms with E-state index in [2.05, 4.69) is 21.2 Å². The molecule has 0 amide bonds. The van der Waals surface area contributed by atoms with Crippen LogP contribution in [0.4, 0.5) is 4.39 Å². The topological polar surface area (TPSA) is 30.5 Å². The second-order valence-electron chi connectivity index (χ2n) is 4.31. The highest BCUT2D eigenvalue weighted by atomic mass is 79.9. The van der Waals surface area contributed by atoms with Gasteiger partial charge in [-0.1, -0.05) is 12.1 Å². The third-order valence-electron chi connectivity index (χ3n) is 3.07. The second-order valence-corrected chi connectivity index (χ2v) is 5.10. The molecule has 0 radical (unpaired) electrons. The molecule has 0 saturated carbocycles. The summed E-state index contributed by atoms with van der Waals surface area (Å²) in [7, 11) is 1.90. The maximum absolute atomic E-state index is 13.4. The molecule has 1 saturated heterocycles. The Hall–Kier alpha value is -0.490. The molecule has 1 unspecified atom stereocenters. The average molecular weight is 318 g/mol. The first kappa shape index (κ1) is 13.9. The Bertz CT molecular complexity index is 397. The lowest BCUT2D eigenvalue weighted by atomic mass is 10.0. The monoisotopic (exact) mass is 317 g/mol. The van der Waals surface area contributed by atoms with Gasteiger partial charge in [0, 0.05) is 12.5 Å². The first-order valence-electron chi connectivity index (χ1n) is 6.04. The minimum absolute atomic E-state index is 0.144. The SMILES string of the molecule is CNC(Cc1cccc(F)c1Br)CC1OCCO1. The van der Waals surface area contributed by atoms with Crippen LogP contribution in [-0.2, 0) is 15.9 Å². The quantitative estimate of drug-likeness (QED) is 0.905. The molecule has 1 aromatic rings. The fourth-order valence-electron chi connectivity index (χ4n) is 2.05. The van der Waals surface area contributed by atoms with Crippen LogP contribution in [0.5, 0.6) is 0 Å². The Kier molecular flexibility index (Phi) is 5.12. The van der Waals surface area contributed by atoms with Crippen LogP contribution in [-0.4, -0.2) is 32.6 Å². The molecule has 5 heteroatoms. The summed E-state index contributed by atoms with van der Waals surface area (Å²) in [6.07, 6.45) is 1.35. The van der Waals surface area contributed by atoms with E-state index in [4.69, 9.17) is 9.47 Å². The zero-order valence-electron chi connectivity index (χ0n) is 10.3. The Morgan fingerprint density at radius 3 is 2.83 bits per heavy atom. The molecule has 18 heavy (non-hydrogen) atoms. The summed E-state index contributed by atoms with van der Waals surface area (Å²) in [5, 5.41) is 3.22. The van der Waals surface area contributed by atoms with Crippen molar-refractivity contribution in [1.82, 2.24) is 5.32 Å². The van der Waals surface area contributed by atoms with E-state index in [0.29, 0.717) is 17.7 Å². The summed E-state index contributed by atoms with van der Waals surface area (Å²) >= 11 is 3.29. The lowest BCUT2D eigenvalue weighted by molar-refractivity contribution is -0.0522. The van der Waals surface area contributed by atoms with E-state index < -0.39 is 0 Å². The van der Waals surface area contributed by atoms with Crippen LogP contribution >= 0.6 is 15.9 Å². The molecule has 1 fully saturated rings. The average Bonchev–Trinajstić information content (AvgIpc) is 2.86. The highest BCUT2D eigenvalue weighted by molar-refractivity contribution is 9.10. The Balaban J connectivity index is 1.98. The molecule has 2 rings (SSSR count). The predicted molar refractivity (Wildman–Crippen MR) is 71.0 cm³/mol. The van der Waals surface area contributed by atoms with Gasteiger partial charge in [-0.3, -0.25) is 0 Å². The van der Waals surface area contributed by atoms with E-state index in [1.807, 2.05) is 13.1 Å². The normalized spacial score (nSPS) is 18.2. The predicted octanol–water partition coefficient (Wildman–Crippen LogP) is 2.48. The van der Waals surface area contributed by atoms with E-state index in [-0.39, 0.29) is 18.1 Å². The Labute approximate surface area is 115 Å². The summed E-state index contributed by atoms with van der Waals surface area (Å²) < 4.78 is 24.8. The van der Waals surface area contributed by atoms with Gasteiger partial charge in [0.1, 0.15) is 5.82 Å². The molecular weight excluding hydrogens is 301 g/mol. The number of nitrogens with one attached hydrogen (secondary N) is 1. The highest BCUT2D eigenvalue weighted by Gasteiger charge is 2.21. The van der Waals surface area contributed by atoms with Gasteiger partial charge in [-0.25, -0.2) is 4.39 Å². The largest absolute Gasteiger partial charge is 0.350 e. The summed E-state index contributed by atoms with van der Waals surface area (Å²) in [4.78, 5) is 0. The summed E-state index contributed by atoms with van der Waals surface area (Å²) in [5.41, 5.74) is 0.951. The highest BCUT2D eigenvalue weighted by Crippen LogP contribution is 2.23. The first-order valence-corrected chi connectivity index (χ1v) is 6.83. The smallest absolute Gasteiger partial charge is 0.159 e. The van der Waals surface area contributed by atoms with Crippen molar-refractivity contribution in [2.75, 3.05) is 20.3 Å². The molecule has 1 heterocycles. The van der Waals surface area contributed by atoms with E-state index >= 15 is 0 Å². The minimum atomic E-state index is -0.226. The van der Waals surface area contributed by atoms with Crippen molar-refractivity contribution in [2.45, 2.75) is 25.2 Å². The summed E-state index contributed by atoms with van der Waals surface area (Å²) in [6, 6.07) is 5.30. The lowest BCUT2D eigenvalue weighted by Crippen LogP contribution is -2.32. The van der Waals surface area contributed by atoms with Gasteiger partial charge in [0.05, 0.1) is 17.7 Å². The molecular formula is C13H17BrFNO2. The second kappa shape index (κ2) is 6.61. The van der Waals surface area contributed by atoms with Crippen LogP contribution in [0.3, 0.4) is 0 Å². The zero-order chi connectivity index (χ0) is 13.0. The third kappa shape index (κ3) is 3.51. The van der Waals surface area contributed by atoms with Crippen LogP contribution in [0.2, 0.25) is 0 Å². The van der Waals surface area contributed by atoms with E-state index in [9.17, 15) is 4.39 Å². The van der Waals surface area contributed by atoms with Gasteiger partial charge >= 0.3 is 0 Å². The number of rotatable bonds is 5. The molecule has 0 spiro atoms. The van der Waals surface area contributed by atoms with Crippen LogP contribution in [0.1, 0.15) is 12.0 Å². The maximum atomic E-state index is 13.4. The van der Waals surface area contributed by atoms with Gasteiger partial charge in [-0.15, -0.1) is 0 Å². The number of halogens is 2. The van der Waals surface area contributed by atoms with Gasteiger partial charge in [0.15, 0.2) is 6.29 Å². The van der Waals surface area contributed by atoms with E-state index in [1.165, 1.54) is 6.07 Å². The van der Waals surface area contributed by atoms with Gasteiger partial charge in [-0.2, -0.15) is 0 Å². The van der Waals surface area contributed by atoms with Crippen molar-refractivity contribution in [3.8, 4) is 0 Å². The number of benzene rings is 1. The van der Waals surface area contributed by atoms with E-state index in [1.54, 1.807) is 6.07 Å². The van der Waals surface area contributed by atoms with E-state index in [0.717, 1.165) is 18.4 Å². The third-order valence-corrected chi connectivity index (χ3v) is 3.96. The molecule has 0 bridgehead atoms. The van der Waals surface area contributed by atoms with Crippen molar-refractivity contribution >= 4 is 15.9 Å². The molecule has 1 aliphatic rings. The van der Waals surface area contributed by atoms with Crippen molar-refractivity contribution in [1.29, 1.82) is 0 Å².